The maximum Gasteiger partial charge on any atom is 0.251 e. The third-order valence-electron chi connectivity index (χ3n) is 5.48. The molecule has 0 saturated carbocycles. The van der Waals surface area contributed by atoms with Gasteiger partial charge in [0.05, 0.1) is 13.2 Å². The van der Waals surface area contributed by atoms with Gasteiger partial charge in [0.25, 0.3) is 5.91 Å². The van der Waals surface area contributed by atoms with Crippen LogP contribution in [0.15, 0.2) is 84.9 Å². The van der Waals surface area contributed by atoms with E-state index in [0.29, 0.717) is 0 Å². The second kappa shape index (κ2) is 8.87. The van der Waals surface area contributed by atoms with Crippen molar-refractivity contribution < 1.29 is 9.53 Å². The highest BCUT2D eigenvalue weighted by molar-refractivity contribution is 6.05. The van der Waals surface area contributed by atoms with Crippen LogP contribution in [0, 0.1) is 0 Å². The van der Waals surface area contributed by atoms with Crippen LogP contribution >= 0.6 is 0 Å². The molecule has 152 valence electrons. The normalized spacial score (nSPS) is 18.1. The summed E-state index contributed by atoms with van der Waals surface area (Å²) < 4.78 is 5.25. The third-order valence-corrected chi connectivity index (χ3v) is 5.48. The Hall–Kier alpha value is -3.53. The summed E-state index contributed by atoms with van der Waals surface area (Å²) >= 11 is 0. The average molecular weight is 399 g/mol. The largest absolute Gasteiger partial charge is 0.497 e. The molecule has 30 heavy (non-hydrogen) atoms. The number of ether oxygens (including phenoxy) is 1. The van der Waals surface area contributed by atoms with Crippen molar-refractivity contribution in [1.29, 1.82) is 0 Å². The quantitative estimate of drug-likeness (QED) is 0.562. The summed E-state index contributed by atoms with van der Waals surface area (Å²) in [5.74, 6) is 0.835. The van der Waals surface area contributed by atoms with Crippen molar-refractivity contribution in [2.75, 3.05) is 17.3 Å². The summed E-state index contributed by atoms with van der Waals surface area (Å²) in [6.07, 6.45) is 4.37. The van der Waals surface area contributed by atoms with Gasteiger partial charge in [-0.2, -0.15) is 0 Å². The summed E-state index contributed by atoms with van der Waals surface area (Å²) in [4.78, 5) is 15.0. The van der Waals surface area contributed by atoms with Crippen molar-refractivity contribution in [2.24, 2.45) is 0 Å². The number of hydrogen-bond acceptors (Lipinski definition) is 3. The van der Waals surface area contributed by atoms with Crippen LogP contribution in [-0.4, -0.2) is 19.1 Å². The van der Waals surface area contributed by atoms with Gasteiger partial charge in [-0.25, -0.2) is 0 Å². The van der Waals surface area contributed by atoms with Crippen LogP contribution in [0.3, 0.4) is 0 Å². The fourth-order valence-electron chi connectivity index (χ4n) is 3.99. The highest BCUT2D eigenvalue weighted by Gasteiger charge is 2.32. The second-order valence-electron chi connectivity index (χ2n) is 7.52. The predicted octanol–water partition coefficient (Wildman–Crippen LogP) is 5.69. The van der Waals surface area contributed by atoms with Crippen molar-refractivity contribution in [3.63, 3.8) is 0 Å². The Kier molecular flexibility index (Phi) is 5.84. The Balaban J connectivity index is 1.58. The number of amides is 1. The van der Waals surface area contributed by atoms with Crippen molar-refractivity contribution in [3.8, 4) is 5.75 Å². The SMILES string of the molecule is COc1ccc(NC2CC(C)N(C(=O)C=Cc3ccccc3)c3ccccc32)cc1. The van der Waals surface area contributed by atoms with Crippen molar-refractivity contribution in [2.45, 2.75) is 25.4 Å². The van der Waals surface area contributed by atoms with Gasteiger partial charge < -0.3 is 15.0 Å². The number of nitrogens with one attached hydrogen (secondary N) is 1. The number of rotatable bonds is 5. The lowest BCUT2D eigenvalue weighted by Gasteiger charge is -2.39. The van der Waals surface area contributed by atoms with Crippen LogP contribution in [0.4, 0.5) is 11.4 Å². The molecule has 4 heteroatoms. The fraction of sp³-hybridized carbons (Fsp3) is 0.192. The van der Waals surface area contributed by atoms with Gasteiger partial charge in [0.2, 0.25) is 0 Å². The number of carbonyl (C=O) groups is 1. The lowest BCUT2D eigenvalue weighted by Crippen LogP contribution is -2.43. The first kappa shape index (κ1) is 19.8. The van der Waals surface area contributed by atoms with Crippen molar-refractivity contribution >= 4 is 23.4 Å². The molecule has 4 nitrogen and oxygen atoms in total. The average Bonchev–Trinajstić information content (AvgIpc) is 2.79. The van der Waals surface area contributed by atoms with Gasteiger partial charge in [0.15, 0.2) is 0 Å². The minimum Gasteiger partial charge on any atom is -0.497 e. The van der Waals surface area contributed by atoms with E-state index < -0.39 is 0 Å². The number of hydrogen-bond donors (Lipinski definition) is 1. The third kappa shape index (κ3) is 4.23. The van der Waals surface area contributed by atoms with E-state index in [1.165, 1.54) is 0 Å². The lowest BCUT2D eigenvalue weighted by atomic mass is 9.91. The number of methoxy groups -OCH3 is 1. The van der Waals surface area contributed by atoms with E-state index in [-0.39, 0.29) is 18.0 Å². The molecule has 1 aliphatic rings. The van der Waals surface area contributed by atoms with Crippen LogP contribution < -0.4 is 15.0 Å². The second-order valence-corrected chi connectivity index (χ2v) is 7.52. The smallest absolute Gasteiger partial charge is 0.251 e. The van der Waals surface area contributed by atoms with Gasteiger partial charge in [0, 0.05) is 23.5 Å². The molecule has 1 N–H and O–H groups in total. The van der Waals surface area contributed by atoms with Gasteiger partial charge in [-0.15, -0.1) is 0 Å². The van der Waals surface area contributed by atoms with Crippen LogP contribution in [-0.2, 0) is 4.79 Å². The monoisotopic (exact) mass is 398 g/mol. The Morgan fingerprint density at radius 3 is 2.43 bits per heavy atom. The Morgan fingerprint density at radius 1 is 1.00 bits per heavy atom. The van der Waals surface area contributed by atoms with E-state index >= 15 is 0 Å². The van der Waals surface area contributed by atoms with Gasteiger partial charge in [-0.1, -0.05) is 48.5 Å². The Bertz CT molecular complexity index is 1030. The first-order valence-corrected chi connectivity index (χ1v) is 10.2. The molecule has 4 rings (SSSR count). The van der Waals surface area contributed by atoms with Crippen LogP contribution in [0.2, 0.25) is 0 Å². The molecule has 2 unspecified atom stereocenters. The maximum atomic E-state index is 13.1. The first-order valence-electron chi connectivity index (χ1n) is 10.2. The maximum absolute atomic E-state index is 13.1. The van der Waals surface area contributed by atoms with E-state index in [1.54, 1.807) is 13.2 Å². The number of para-hydroxylation sites is 1. The summed E-state index contributed by atoms with van der Waals surface area (Å²) in [6.45, 7) is 2.10. The zero-order valence-electron chi connectivity index (χ0n) is 17.3. The number of benzene rings is 3. The zero-order valence-corrected chi connectivity index (χ0v) is 17.3. The minimum atomic E-state index is 0.00157. The van der Waals surface area contributed by atoms with Crippen LogP contribution in [0.1, 0.15) is 30.5 Å². The Labute approximate surface area is 177 Å². The van der Waals surface area contributed by atoms with E-state index in [0.717, 1.165) is 34.7 Å². The van der Waals surface area contributed by atoms with Crippen molar-refractivity contribution in [3.05, 3.63) is 96.1 Å². The zero-order chi connectivity index (χ0) is 20.9. The fourth-order valence-corrected chi connectivity index (χ4v) is 3.99. The van der Waals surface area contributed by atoms with E-state index in [9.17, 15) is 4.79 Å². The molecule has 0 aliphatic carbocycles. The molecule has 1 heterocycles. The molecule has 0 saturated heterocycles. The number of anilines is 2. The van der Waals surface area contributed by atoms with E-state index in [2.05, 4.69) is 18.3 Å². The number of nitrogens with zero attached hydrogens (tertiary/aromatic N) is 1. The molecule has 0 fully saturated rings. The van der Waals surface area contributed by atoms with Gasteiger partial charge in [-0.3, -0.25) is 4.79 Å². The van der Waals surface area contributed by atoms with Gasteiger partial charge in [-0.05, 0) is 60.9 Å². The summed E-state index contributed by atoms with van der Waals surface area (Å²) in [7, 11) is 1.67. The molecular weight excluding hydrogens is 372 g/mol. The highest BCUT2D eigenvalue weighted by atomic mass is 16.5. The molecule has 0 bridgehead atoms. The molecule has 0 spiro atoms. The molecule has 1 amide bonds. The van der Waals surface area contributed by atoms with Crippen LogP contribution in [0.5, 0.6) is 5.75 Å². The predicted molar refractivity (Wildman–Crippen MR) is 123 cm³/mol. The van der Waals surface area contributed by atoms with Crippen molar-refractivity contribution in [1.82, 2.24) is 0 Å². The number of fused-ring (bicyclic) bond motifs is 1. The molecule has 3 aromatic carbocycles. The van der Waals surface area contributed by atoms with Crippen LogP contribution in [0.25, 0.3) is 6.08 Å². The first-order chi connectivity index (χ1) is 14.7. The molecule has 0 aromatic heterocycles. The summed E-state index contributed by atoms with van der Waals surface area (Å²) in [5.41, 5.74) is 4.15. The standard InChI is InChI=1S/C26H26N2O2/c1-19-18-24(27-21-13-15-22(30-2)16-14-21)23-10-6-7-11-25(23)28(19)26(29)17-12-20-8-4-3-5-9-20/h3-17,19,24,27H,18H2,1-2H3. The Morgan fingerprint density at radius 2 is 1.70 bits per heavy atom. The topological polar surface area (TPSA) is 41.6 Å². The highest BCUT2D eigenvalue weighted by Crippen LogP contribution is 2.39. The van der Waals surface area contributed by atoms with Gasteiger partial charge in [0.1, 0.15) is 5.75 Å². The minimum absolute atomic E-state index is 0.00157. The molecule has 0 radical (unpaired) electrons. The molecular formula is C26H26N2O2. The van der Waals surface area contributed by atoms with Gasteiger partial charge >= 0.3 is 0 Å². The molecule has 3 aromatic rings. The molecule has 1 aliphatic heterocycles. The van der Waals surface area contributed by atoms with E-state index in [1.807, 2.05) is 83.8 Å². The summed E-state index contributed by atoms with van der Waals surface area (Å²) in [6, 6.07) is 26.2. The lowest BCUT2D eigenvalue weighted by molar-refractivity contribution is -0.114. The van der Waals surface area contributed by atoms with E-state index in [4.69, 9.17) is 4.74 Å². The number of carbonyl (C=O) groups excluding carboxylic acids is 1. The summed E-state index contributed by atoms with van der Waals surface area (Å²) in [5, 5.41) is 3.62. The molecule has 2 atom stereocenters.